The average molecular weight is 428 g/mol. The van der Waals surface area contributed by atoms with Crippen molar-refractivity contribution in [3.63, 3.8) is 0 Å². The number of aromatic nitrogens is 5. The number of H-pyrrole nitrogens is 1. The van der Waals surface area contributed by atoms with Crippen molar-refractivity contribution >= 4 is 16.7 Å². The molecule has 164 valence electrons. The van der Waals surface area contributed by atoms with Crippen molar-refractivity contribution in [2.45, 2.75) is 39.2 Å². The molecule has 1 saturated heterocycles. The normalized spacial score (nSPS) is 16.0. The largest absolute Gasteiger partial charge is 0.382 e. The highest BCUT2D eigenvalue weighted by Crippen LogP contribution is 2.29. The third-order valence-corrected chi connectivity index (χ3v) is 6.35. The Bertz CT molecular complexity index is 1240. The fourth-order valence-corrected chi connectivity index (χ4v) is 4.51. The maximum absolute atomic E-state index is 4.87. The maximum Gasteiger partial charge on any atom is 0.116 e. The van der Waals surface area contributed by atoms with Gasteiger partial charge in [-0.25, -0.2) is 9.97 Å². The van der Waals surface area contributed by atoms with Crippen LogP contribution in [0.4, 0.5) is 5.69 Å². The van der Waals surface area contributed by atoms with Gasteiger partial charge in [0, 0.05) is 24.3 Å². The van der Waals surface area contributed by atoms with Gasteiger partial charge in [-0.2, -0.15) is 0 Å². The topological polar surface area (TPSA) is 82.6 Å². The van der Waals surface area contributed by atoms with Gasteiger partial charge >= 0.3 is 0 Å². The van der Waals surface area contributed by atoms with Crippen LogP contribution in [0, 0.1) is 6.92 Å². The predicted molar refractivity (Wildman–Crippen MR) is 128 cm³/mol. The predicted octanol–water partition coefficient (Wildman–Crippen LogP) is 4.68. The molecule has 1 fully saturated rings. The molecule has 4 aromatic heterocycles. The van der Waals surface area contributed by atoms with Gasteiger partial charge in [-0.15, -0.1) is 0 Å². The summed E-state index contributed by atoms with van der Waals surface area (Å²) in [6.07, 6.45) is 6.13. The van der Waals surface area contributed by atoms with Gasteiger partial charge in [-0.05, 0) is 70.5 Å². The molecule has 0 spiro atoms. The molecule has 0 unspecified atom stereocenters. The maximum atomic E-state index is 4.87. The number of anilines is 1. The molecule has 0 aliphatic carbocycles. The minimum atomic E-state index is 0.299. The van der Waals surface area contributed by atoms with E-state index in [4.69, 9.17) is 4.98 Å². The lowest BCUT2D eigenvalue weighted by Crippen LogP contribution is -2.40. The minimum Gasteiger partial charge on any atom is -0.382 e. The van der Waals surface area contributed by atoms with Crippen LogP contribution in [0.5, 0.6) is 0 Å². The Labute approximate surface area is 188 Å². The zero-order valence-corrected chi connectivity index (χ0v) is 18.9. The van der Waals surface area contributed by atoms with E-state index in [1.54, 1.807) is 6.33 Å². The Kier molecular flexibility index (Phi) is 5.35. The van der Waals surface area contributed by atoms with Crippen molar-refractivity contribution < 1.29 is 0 Å². The summed E-state index contributed by atoms with van der Waals surface area (Å²) in [6.45, 7) is 9.74. The number of pyridine rings is 3. The second kappa shape index (κ2) is 8.31. The molecule has 32 heavy (non-hydrogen) atoms. The third-order valence-electron chi connectivity index (χ3n) is 6.35. The van der Waals surface area contributed by atoms with E-state index in [0.29, 0.717) is 5.54 Å². The van der Waals surface area contributed by atoms with E-state index >= 15 is 0 Å². The fraction of sp³-hybridized carbons (Fsp3) is 0.360. The molecular weight excluding hydrogens is 398 g/mol. The molecule has 0 radical (unpaired) electrons. The van der Waals surface area contributed by atoms with Crippen molar-refractivity contribution in [2.75, 3.05) is 25.0 Å². The Balaban J connectivity index is 1.37. The molecule has 7 nitrogen and oxygen atoms in total. The Hall–Kier alpha value is -3.32. The fourth-order valence-electron chi connectivity index (χ4n) is 4.51. The van der Waals surface area contributed by atoms with E-state index in [2.05, 4.69) is 50.1 Å². The number of rotatable bonds is 6. The first kappa shape index (κ1) is 20.6. The summed E-state index contributed by atoms with van der Waals surface area (Å²) in [5.41, 5.74) is 7.29. The number of nitrogens with zero attached hydrogens (tertiary/aromatic N) is 5. The van der Waals surface area contributed by atoms with Crippen LogP contribution in [0.2, 0.25) is 0 Å². The average Bonchev–Trinajstić information content (AvgIpc) is 3.40. The first-order valence-corrected chi connectivity index (χ1v) is 11.2. The van der Waals surface area contributed by atoms with Gasteiger partial charge in [0.05, 0.1) is 46.3 Å². The number of hydrogen-bond donors (Lipinski definition) is 2. The highest BCUT2D eigenvalue weighted by atomic mass is 15.2. The van der Waals surface area contributed by atoms with Crippen molar-refractivity contribution in [3.05, 3.63) is 54.6 Å². The summed E-state index contributed by atoms with van der Waals surface area (Å²) in [7, 11) is 0. The van der Waals surface area contributed by atoms with Gasteiger partial charge in [0.2, 0.25) is 0 Å². The second-order valence-corrected chi connectivity index (χ2v) is 9.08. The van der Waals surface area contributed by atoms with Gasteiger partial charge in [0.25, 0.3) is 0 Å². The van der Waals surface area contributed by atoms with Crippen LogP contribution >= 0.6 is 0 Å². The van der Waals surface area contributed by atoms with E-state index in [9.17, 15) is 0 Å². The molecule has 2 N–H and O–H groups in total. The molecule has 1 aliphatic heterocycles. The summed E-state index contributed by atoms with van der Waals surface area (Å²) in [6, 6.07) is 12.0. The molecule has 1 aliphatic rings. The van der Waals surface area contributed by atoms with Crippen molar-refractivity contribution in [3.8, 4) is 22.8 Å². The standard InChI is InChI=1S/C25H29N7/c1-17-6-4-7-20(30-17)23-24(29-16-28-23)21-9-8-19-22(31-21)14-18(15-27-19)26-11-13-32-12-5-10-25(32,2)3/h4,6-9,14-16,26H,5,10-13H2,1-3H3,(H,28,29). The van der Waals surface area contributed by atoms with Crippen LogP contribution < -0.4 is 5.32 Å². The second-order valence-electron chi connectivity index (χ2n) is 9.08. The number of nitrogens with one attached hydrogen (secondary N) is 2. The van der Waals surface area contributed by atoms with Gasteiger partial charge in [-0.1, -0.05) is 6.07 Å². The highest BCUT2D eigenvalue weighted by Gasteiger charge is 2.30. The number of fused-ring (bicyclic) bond motifs is 1. The Morgan fingerprint density at radius 1 is 1.06 bits per heavy atom. The first-order valence-electron chi connectivity index (χ1n) is 11.2. The van der Waals surface area contributed by atoms with Crippen LogP contribution in [0.15, 0.2) is 48.9 Å². The number of aromatic amines is 1. The summed E-state index contributed by atoms with van der Waals surface area (Å²) < 4.78 is 0. The number of likely N-dealkylation sites (tertiary alicyclic amines) is 1. The zero-order valence-electron chi connectivity index (χ0n) is 18.9. The SMILES string of the molecule is Cc1cccc(-c2[nH]cnc2-c2ccc3ncc(NCCN4CCCC4(C)C)cc3n2)n1. The number of imidazole rings is 1. The molecular formula is C25H29N7. The molecule has 0 bridgehead atoms. The van der Waals surface area contributed by atoms with E-state index < -0.39 is 0 Å². The van der Waals surface area contributed by atoms with Crippen LogP contribution in [-0.2, 0) is 0 Å². The molecule has 5 rings (SSSR count). The van der Waals surface area contributed by atoms with E-state index in [1.807, 2.05) is 43.5 Å². The van der Waals surface area contributed by atoms with Crippen molar-refractivity contribution in [2.24, 2.45) is 0 Å². The smallest absolute Gasteiger partial charge is 0.116 e. The third kappa shape index (κ3) is 4.08. The van der Waals surface area contributed by atoms with Crippen LogP contribution in [0.25, 0.3) is 33.8 Å². The number of aryl methyl sites for hydroxylation is 1. The molecule has 7 heteroatoms. The first-order chi connectivity index (χ1) is 15.5. The van der Waals surface area contributed by atoms with Crippen LogP contribution in [-0.4, -0.2) is 55.0 Å². The van der Waals surface area contributed by atoms with Crippen LogP contribution in [0.1, 0.15) is 32.4 Å². The Morgan fingerprint density at radius 3 is 2.78 bits per heavy atom. The summed E-state index contributed by atoms with van der Waals surface area (Å²) in [5.74, 6) is 0. The monoisotopic (exact) mass is 427 g/mol. The highest BCUT2D eigenvalue weighted by molar-refractivity contribution is 5.82. The lowest BCUT2D eigenvalue weighted by molar-refractivity contribution is 0.182. The van der Waals surface area contributed by atoms with Crippen molar-refractivity contribution in [1.82, 2.24) is 29.8 Å². The quantitative estimate of drug-likeness (QED) is 0.465. The molecule has 0 atom stereocenters. The summed E-state index contributed by atoms with van der Waals surface area (Å²) in [4.78, 5) is 24.4. The molecule has 4 aromatic rings. The number of hydrogen-bond acceptors (Lipinski definition) is 6. The minimum absolute atomic E-state index is 0.299. The lowest BCUT2D eigenvalue weighted by atomic mass is 10.0. The lowest BCUT2D eigenvalue weighted by Gasteiger charge is -2.31. The van der Waals surface area contributed by atoms with Crippen molar-refractivity contribution in [1.29, 1.82) is 0 Å². The van der Waals surface area contributed by atoms with Gasteiger partial charge < -0.3 is 10.3 Å². The van der Waals surface area contributed by atoms with E-state index in [-0.39, 0.29) is 0 Å². The molecule has 5 heterocycles. The molecule has 0 saturated carbocycles. The molecule has 0 aromatic carbocycles. The van der Waals surface area contributed by atoms with Gasteiger partial charge in [0.1, 0.15) is 5.69 Å². The Morgan fingerprint density at radius 2 is 1.97 bits per heavy atom. The molecule has 0 amide bonds. The van der Waals surface area contributed by atoms with E-state index in [1.165, 1.54) is 19.4 Å². The zero-order chi connectivity index (χ0) is 22.1. The van der Waals surface area contributed by atoms with Crippen LogP contribution in [0.3, 0.4) is 0 Å². The van der Waals surface area contributed by atoms with Gasteiger partial charge in [0.15, 0.2) is 0 Å². The summed E-state index contributed by atoms with van der Waals surface area (Å²) in [5, 5.41) is 3.52. The summed E-state index contributed by atoms with van der Waals surface area (Å²) >= 11 is 0. The van der Waals surface area contributed by atoms with E-state index in [0.717, 1.165) is 58.3 Å². The van der Waals surface area contributed by atoms with Gasteiger partial charge in [-0.3, -0.25) is 14.9 Å².